The molecule has 6 nitrogen and oxygen atoms in total. The predicted octanol–water partition coefficient (Wildman–Crippen LogP) is 4.31. The topological polar surface area (TPSA) is 81.2 Å². The number of halogens is 2. The van der Waals surface area contributed by atoms with Gasteiger partial charge in [0.15, 0.2) is 0 Å². The zero-order valence-corrected chi connectivity index (χ0v) is 19.7. The number of hydrogen-bond donors (Lipinski definition) is 1. The lowest BCUT2D eigenvalue weighted by molar-refractivity contribution is 0.521. The molecule has 2 N–H and O–H groups in total. The Morgan fingerprint density at radius 1 is 1.19 bits per heavy atom. The van der Waals surface area contributed by atoms with Crippen molar-refractivity contribution in [2.75, 3.05) is 20.6 Å². The number of nitrogens with two attached hydrogens (primary N) is 1. The van der Waals surface area contributed by atoms with Crippen molar-refractivity contribution in [3.8, 4) is 11.1 Å². The lowest BCUT2D eigenvalue weighted by atomic mass is 10.0. The molecular weight excluding hydrogens is 439 g/mol. The van der Waals surface area contributed by atoms with Crippen LogP contribution in [0.25, 0.3) is 22.2 Å². The Morgan fingerprint density at radius 2 is 1.84 bits per heavy atom. The number of benzene rings is 2. The van der Waals surface area contributed by atoms with Crippen LogP contribution in [0.4, 0.5) is 4.39 Å². The van der Waals surface area contributed by atoms with Gasteiger partial charge in [-0.3, -0.25) is 0 Å². The minimum Gasteiger partial charge on any atom is -0.327 e. The quantitative estimate of drug-likeness (QED) is 0.562. The van der Waals surface area contributed by atoms with Gasteiger partial charge in [0.05, 0.1) is 22.5 Å². The molecule has 0 saturated carbocycles. The third kappa shape index (κ3) is 4.98. The molecule has 0 aliphatic heterocycles. The molecule has 1 heterocycles. The highest BCUT2D eigenvalue weighted by molar-refractivity contribution is 7.89. The number of hydrogen-bond acceptors (Lipinski definition) is 4. The summed E-state index contributed by atoms with van der Waals surface area (Å²) in [4.78, 5) is 5.04. The second-order valence-electron chi connectivity index (χ2n) is 7.58. The van der Waals surface area contributed by atoms with Gasteiger partial charge in [-0.2, -0.15) is 0 Å². The Kier molecular flexibility index (Phi) is 7.99. The van der Waals surface area contributed by atoms with Crippen molar-refractivity contribution in [2.45, 2.75) is 31.2 Å². The van der Waals surface area contributed by atoms with Crippen molar-refractivity contribution < 1.29 is 12.8 Å². The smallest absolute Gasteiger partial charge is 0.242 e. The SMILES string of the molecule is CC(C)c1nc2c(-c3ccc(S(=O)(=O)N(C)C)cc3)cccc2n1C/C(F)=C/CN.Cl. The van der Waals surface area contributed by atoms with Gasteiger partial charge in [-0.25, -0.2) is 22.1 Å². The van der Waals surface area contributed by atoms with Crippen LogP contribution in [0.15, 0.2) is 59.3 Å². The van der Waals surface area contributed by atoms with Gasteiger partial charge in [-0.1, -0.05) is 38.1 Å². The normalized spacial score (nSPS) is 12.6. The van der Waals surface area contributed by atoms with E-state index in [1.54, 1.807) is 24.3 Å². The summed E-state index contributed by atoms with van der Waals surface area (Å²) in [6.45, 7) is 4.25. The monoisotopic (exact) mass is 466 g/mol. The molecule has 0 unspecified atom stereocenters. The maximum Gasteiger partial charge on any atom is 0.242 e. The van der Waals surface area contributed by atoms with Gasteiger partial charge in [-0.15, -0.1) is 12.4 Å². The Labute approximate surface area is 189 Å². The lowest BCUT2D eigenvalue weighted by Crippen LogP contribution is -2.22. The van der Waals surface area contributed by atoms with Crippen molar-refractivity contribution in [1.82, 2.24) is 13.9 Å². The Balaban J connectivity index is 0.00000341. The van der Waals surface area contributed by atoms with E-state index in [0.717, 1.165) is 28.0 Å². The van der Waals surface area contributed by atoms with E-state index in [4.69, 9.17) is 10.7 Å². The maximum atomic E-state index is 14.3. The van der Waals surface area contributed by atoms with Crippen LogP contribution >= 0.6 is 12.4 Å². The molecule has 9 heteroatoms. The summed E-state index contributed by atoms with van der Waals surface area (Å²) in [5, 5.41) is 0. The van der Waals surface area contributed by atoms with Crippen molar-refractivity contribution in [1.29, 1.82) is 0 Å². The van der Waals surface area contributed by atoms with Gasteiger partial charge in [-0.05, 0) is 29.8 Å². The number of sulfonamides is 1. The summed E-state index contributed by atoms with van der Waals surface area (Å²) in [6.07, 6.45) is 1.36. The van der Waals surface area contributed by atoms with E-state index in [-0.39, 0.29) is 42.1 Å². The van der Waals surface area contributed by atoms with Crippen LogP contribution in [0.5, 0.6) is 0 Å². The summed E-state index contributed by atoms with van der Waals surface area (Å²) in [6, 6.07) is 12.5. The Bertz CT molecular complexity index is 1190. The number of nitrogens with zero attached hydrogens (tertiary/aromatic N) is 3. The molecule has 31 heavy (non-hydrogen) atoms. The molecule has 0 aliphatic carbocycles. The first kappa shape index (κ1) is 25.0. The van der Waals surface area contributed by atoms with Crippen LogP contribution in [0.3, 0.4) is 0 Å². The second kappa shape index (κ2) is 9.91. The molecule has 0 bridgehead atoms. The van der Waals surface area contributed by atoms with Crippen LogP contribution in [0.2, 0.25) is 0 Å². The standard InChI is InChI=1S/C22H27FN4O2S.ClH/c1-15(2)22-25-21-19(6-5-7-20(21)27(22)14-17(23)12-13-24)16-8-10-18(11-9-16)30(28,29)26(3)4;/h5-12,15H,13-14,24H2,1-4H3;1H/b17-12-;. The number of allylic oxidation sites excluding steroid dienone is 1. The number of aromatic nitrogens is 2. The van der Waals surface area contributed by atoms with E-state index in [0.29, 0.717) is 0 Å². The fraction of sp³-hybridized carbons (Fsp3) is 0.318. The lowest BCUT2D eigenvalue weighted by Gasteiger charge is -2.12. The highest BCUT2D eigenvalue weighted by Crippen LogP contribution is 2.32. The third-order valence-corrected chi connectivity index (χ3v) is 6.75. The van der Waals surface area contributed by atoms with E-state index in [1.807, 2.05) is 36.6 Å². The summed E-state index contributed by atoms with van der Waals surface area (Å²) >= 11 is 0. The number of rotatable bonds is 7. The molecular formula is C22H28ClFN4O2S. The number of para-hydroxylation sites is 1. The predicted molar refractivity (Wildman–Crippen MR) is 126 cm³/mol. The van der Waals surface area contributed by atoms with Crippen molar-refractivity contribution in [3.05, 3.63) is 60.2 Å². The Hall–Kier alpha value is -2.26. The van der Waals surface area contributed by atoms with Gasteiger partial charge in [0, 0.05) is 32.1 Å². The minimum absolute atomic E-state index is 0. The summed E-state index contributed by atoms with van der Waals surface area (Å²) in [5.74, 6) is 0.579. The maximum absolute atomic E-state index is 14.3. The van der Waals surface area contributed by atoms with Crippen molar-refractivity contribution in [3.63, 3.8) is 0 Å². The summed E-state index contributed by atoms with van der Waals surface area (Å²) in [5.41, 5.74) is 8.73. The molecule has 0 atom stereocenters. The van der Waals surface area contributed by atoms with Crippen molar-refractivity contribution >= 4 is 33.5 Å². The second-order valence-corrected chi connectivity index (χ2v) is 9.73. The first-order valence-electron chi connectivity index (χ1n) is 9.73. The van der Waals surface area contributed by atoms with E-state index in [1.165, 1.54) is 24.5 Å². The van der Waals surface area contributed by atoms with E-state index < -0.39 is 10.0 Å². The zero-order valence-electron chi connectivity index (χ0n) is 18.0. The van der Waals surface area contributed by atoms with Gasteiger partial charge >= 0.3 is 0 Å². The first-order chi connectivity index (χ1) is 14.2. The molecule has 0 amide bonds. The molecule has 0 spiro atoms. The number of fused-ring (bicyclic) bond motifs is 1. The average Bonchev–Trinajstić information content (AvgIpc) is 3.07. The fourth-order valence-corrected chi connectivity index (χ4v) is 4.27. The molecule has 0 radical (unpaired) electrons. The van der Waals surface area contributed by atoms with Crippen LogP contribution in [-0.4, -0.2) is 42.9 Å². The molecule has 0 fully saturated rings. The van der Waals surface area contributed by atoms with Crippen LogP contribution in [0.1, 0.15) is 25.6 Å². The van der Waals surface area contributed by atoms with Crippen molar-refractivity contribution in [2.24, 2.45) is 5.73 Å². The summed E-state index contributed by atoms with van der Waals surface area (Å²) < 4.78 is 42.0. The van der Waals surface area contributed by atoms with Gasteiger partial charge in [0.2, 0.25) is 10.0 Å². The molecule has 3 rings (SSSR count). The highest BCUT2D eigenvalue weighted by Gasteiger charge is 2.19. The van der Waals surface area contributed by atoms with E-state index in [9.17, 15) is 12.8 Å². The number of imidazole rings is 1. The molecule has 1 aromatic heterocycles. The van der Waals surface area contributed by atoms with Crippen LogP contribution in [-0.2, 0) is 16.6 Å². The molecule has 168 valence electrons. The highest BCUT2D eigenvalue weighted by atomic mass is 35.5. The first-order valence-corrected chi connectivity index (χ1v) is 11.2. The third-order valence-electron chi connectivity index (χ3n) is 4.92. The van der Waals surface area contributed by atoms with Gasteiger partial charge in [0.1, 0.15) is 11.7 Å². The fourth-order valence-electron chi connectivity index (χ4n) is 3.37. The molecule has 0 aliphatic rings. The van der Waals surface area contributed by atoms with E-state index >= 15 is 0 Å². The molecule has 2 aromatic carbocycles. The minimum atomic E-state index is -3.50. The van der Waals surface area contributed by atoms with Gasteiger partial charge < -0.3 is 10.3 Å². The molecule has 0 saturated heterocycles. The zero-order chi connectivity index (χ0) is 22.1. The van der Waals surface area contributed by atoms with Crippen LogP contribution in [0, 0.1) is 0 Å². The Morgan fingerprint density at radius 3 is 2.39 bits per heavy atom. The largest absolute Gasteiger partial charge is 0.327 e. The molecule has 3 aromatic rings. The summed E-state index contributed by atoms with van der Waals surface area (Å²) in [7, 11) is -0.491. The van der Waals surface area contributed by atoms with E-state index in [2.05, 4.69) is 0 Å². The average molecular weight is 467 g/mol. The van der Waals surface area contributed by atoms with Gasteiger partial charge in [0.25, 0.3) is 0 Å². The van der Waals surface area contributed by atoms with Crippen LogP contribution < -0.4 is 5.73 Å².